The average Bonchev–Trinajstić information content (AvgIpc) is 2.31. The SMILES string of the molecule is NC1CCCN(C(=O)c2cc(O)ccc2O)C1. The van der Waals surface area contributed by atoms with Crippen molar-refractivity contribution in [1.82, 2.24) is 4.90 Å². The molecule has 1 aromatic rings. The topological polar surface area (TPSA) is 86.8 Å². The lowest BCUT2D eigenvalue weighted by atomic mass is 10.0. The lowest BCUT2D eigenvalue weighted by Crippen LogP contribution is -2.45. The Morgan fingerprint density at radius 2 is 2.18 bits per heavy atom. The minimum Gasteiger partial charge on any atom is -0.508 e. The minimum atomic E-state index is -0.284. The third-order valence-corrected chi connectivity index (χ3v) is 2.96. The Hall–Kier alpha value is -1.75. The maximum atomic E-state index is 12.1. The fraction of sp³-hybridized carbons (Fsp3) is 0.417. The van der Waals surface area contributed by atoms with Gasteiger partial charge in [0.15, 0.2) is 0 Å². The van der Waals surface area contributed by atoms with Crippen LogP contribution in [0.15, 0.2) is 18.2 Å². The summed E-state index contributed by atoms with van der Waals surface area (Å²) in [7, 11) is 0. The molecule has 1 aromatic carbocycles. The van der Waals surface area contributed by atoms with E-state index in [0.717, 1.165) is 12.8 Å². The van der Waals surface area contributed by atoms with Gasteiger partial charge >= 0.3 is 0 Å². The molecule has 0 aromatic heterocycles. The lowest BCUT2D eigenvalue weighted by molar-refractivity contribution is 0.0705. The van der Waals surface area contributed by atoms with Gasteiger partial charge in [0.25, 0.3) is 5.91 Å². The third-order valence-electron chi connectivity index (χ3n) is 2.96. The van der Waals surface area contributed by atoms with Gasteiger partial charge in [-0.25, -0.2) is 0 Å². The van der Waals surface area contributed by atoms with Gasteiger partial charge in [0.1, 0.15) is 11.5 Å². The molecule has 4 N–H and O–H groups in total. The van der Waals surface area contributed by atoms with E-state index in [4.69, 9.17) is 5.73 Å². The van der Waals surface area contributed by atoms with Crippen LogP contribution in [-0.4, -0.2) is 40.2 Å². The molecule has 1 unspecified atom stereocenters. The van der Waals surface area contributed by atoms with Crippen molar-refractivity contribution in [3.8, 4) is 11.5 Å². The smallest absolute Gasteiger partial charge is 0.257 e. The van der Waals surface area contributed by atoms with Gasteiger partial charge in [-0.05, 0) is 31.0 Å². The largest absolute Gasteiger partial charge is 0.508 e. The second kappa shape index (κ2) is 4.63. The number of carbonyl (C=O) groups excluding carboxylic acids is 1. The minimum absolute atomic E-state index is 0.00727. The van der Waals surface area contributed by atoms with Crippen molar-refractivity contribution in [2.24, 2.45) is 5.73 Å². The molecule has 5 heteroatoms. The van der Waals surface area contributed by atoms with E-state index in [2.05, 4.69) is 0 Å². The average molecular weight is 236 g/mol. The maximum absolute atomic E-state index is 12.1. The summed E-state index contributed by atoms with van der Waals surface area (Å²) in [5.74, 6) is -0.437. The number of nitrogens with two attached hydrogens (primary N) is 1. The number of hydrogen-bond acceptors (Lipinski definition) is 4. The molecule has 1 aliphatic heterocycles. The Balaban J connectivity index is 2.21. The second-order valence-electron chi connectivity index (χ2n) is 4.35. The number of phenolic OH excluding ortho intramolecular Hbond substituents is 2. The molecule has 5 nitrogen and oxygen atoms in total. The molecule has 0 bridgehead atoms. The molecule has 1 aliphatic rings. The molecular formula is C12H16N2O3. The fourth-order valence-electron chi connectivity index (χ4n) is 2.06. The van der Waals surface area contributed by atoms with Gasteiger partial charge in [-0.2, -0.15) is 0 Å². The predicted molar refractivity (Wildman–Crippen MR) is 62.9 cm³/mol. The van der Waals surface area contributed by atoms with E-state index in [0.29, 0.717) is 13.1 Å². The van der Waals surface area contributed by atoms with Crippen LogP contribution in [0.2, 0.25) is 0 Å². The van der Waals surface area contributed by atoms with Gasteiger partial charge in [0, 0.05) is 19.1 Å². The molecular weight excluding hydrogens is 220 g/mol. The number of piperidine rings is 1. The molecule has 2 rings (SSSR count). The Morgan fingerprint density at radius 3 is 2.88 bits per heavy atom. The van der Waals surface area contributed by atoms with Crippen LogP contribution in [0.5, 0.6) is 11.5 Å². The number of benzene rings is 1. The highest BCUT2D eigenvalue weighted by atomic mass is 16.3. The monoisotopic (exact) mass is 236 g/mol. The summed E-state index contributed by atoms with van der Waals surface area (Å²) in [6, 6.07) is 3.92. The molecule has 1 atom stereocenters. The number of amides is 1. The zero-order chi connectivity index (χ0) is 12.4. The molecule has 0 spiro atoms. The van der Waals surface area contributed by atoms with Crippen LogP contribution in [0.3, 0.4) is 0 Å². The normalized spacial score (nSPS) is 20.3. The van der Waals surface area contributed by atoms with Gasteiger partial charge < -0.3 is 20.8 Å². The summed E-state index contributed by atoms with van der Waals surface area (Å²) >= 11 is 0. The Labute approximate surface area is 99.5 Å². The number of hydrogen-bond donors (Lipinski definition) is 3. The van der Waals surface area contributed by atoms with Crippen LogP contribution < -0.4 is 5.73 Å². The van der Waals surface area contributed by atoms with Gasteiger partial charge in [-0.3, -0.25) is 4.79 Å². The van der Waals surface area contributed by atoms with E-state index in [1.165, 1.54) is 18.2 Å². The summed E-state index contributed by atoms with van der Waals surface area (Å²) in [6.07, 6.45) is 1.78. The number of likely N-dealkylation sites (tertiary alicyclic amines) is 1. The Bertz CT molecular complexity index is 434. The number of nitrogens with zero attached hydrogens (tertiary/aromatic N) is 1. The molecule has 92 valence electrons. The fourth-order valence-corrected chi connectivity index (χ4v) is 2.06. The molecule has 1 saturated heterocycles. The first kappa shape index (κ1) is 11.7. The van der Waals surface area contributed by atoms with E-state index in [1.807, 2.05) is 0 Å². The van der Waals surface area contributed by atoms with E-state index < -0.39 is 0 Å². The van der Waals surface area contributed by atoms with Crippen molar-refractivity contribution in [2.45, 2.75) is 18.9 Å². The lowest BCUT2D eigenvalue weighted by Gasteiger charge is -2.30. The van der Waals surface area contributed by atoms with Crippen LogP contribution in [0.1, 0.15) is 23.2 Å². The van der Waals surface area contributed by atoms with E-state index in [-0.39, 0.29) is 29.0 Å². The van der Waals surface area contributed by atoms with Crippen molar-refractivity contribution < 1.29 is 15.0 Å². The molecule has 1 fully saturated rings. The molecule has 0 saturated carbocycles. The summed E-state index contributed by atoms with van der Waals surface area (Å²) in [5.41, 5.74) is 5.93. The maximum Gasteiger partial charge on any atom is 0.257 e. The molecule has 17 heavy (non-hydrogen) atoms. The van der Waals surface area contributed by atoms with E-state index in [1.54, 1.807) is 4.90 Å². The number of aromatic hydroxyl groups is 2. The van der Waals surface area contributed by atoms with Crippen LogP contribution in [0, 0.1) is 0 Å². The van der Waals surface area contributed by atoms with Crippen molar-refractivity contribution in [3.05, 3.63) is 23.8 Å². The summed E-state index contributed by atoms with van der Waals surface area (Å²) < 4.78 is 0. The molecule has 0 radical (unpaired) electrons. The van der Waals surface area contributed by atoms with Crippen LogP contribution in [0.25, 0.3) is 0 Å². The second-order valence-corrected chi connectivity index (χ2v) is 4.35. The molecule has 1 heterocycles. The third kappa shape index (κ3) is 2.50. The summed E-state index contributed by atoms with van der Waals surface area (Å²) in [5, 5.41) is 18.9. The molecule has 1 amide bonds. The van der Waals surface area contributed by atoms with Crippen LogP contribution in [0.4, 0.5) is 0 Å². The zero-order valence-corrected chi connectivity index (χ0v) is 9.47. The number of phenols is 2. The summed E-state index contributed by atoms with van der Waals surface area (Å²) in [6.45, 7) is 1.13. The van der Waals surface area contributed by atoms with Gasteiger partial charge in [-0.15, -0.1) is 0 Å². The van der Waals surface area contributed by atoms with Crippen molar-refractivity contribution in [1.29, 1.82) is 0 Å². The number of carbonyl (C=O) groups is 1. The Kier molecular flexibility index (Phi) is 3.19. The highest BCUT2D eigenvalue weighted by Crippen LogP contribution is 2.24. The van der Waals surface area contributed by atoms with Crippen LogP contribution >= 0.6 is 0 Å². The first-order valence-electron chi connectivity index (χ1n) is 5.65. The van der Waals surface area contributed by atoms with Gasteiger partial charge in [0.05, 0.1) is 5.56 Å². The van der Waals surface area contributed by atoms with Crippen molar-refractivity contribution >= 4 is 5.91 Å². The Morgan fingerprint density at radius 1 is 1.41 bits per heavy atom. The molecule has 0 aliphatic carbocycles. The predicted octanol–water partition coefficient (Wildman–Crippen LogP) is 0.661. The summed E-state index contributed by atoms with van der Waals surface area (Å²) in [4.78, 5) is 13.7. The highest BCUT2D eigenvalue weighted by molar-refractivity contribution is 5.97. The highest BCUT2D eigenvalue weighted by Gasteiger charge is 2.24. The van der Waals surface area contributed by atoms with Crippen LogP contribution in [-0.2, 0) is 0 Å². The number of rotatable bonds is 1. The quantitative estimate of drug-likeness (QED) is 0.625. The first-order valence-corrected chi connectivity index (χ1v) is 5.65. The van der Waals surface area contributed by atoms with E-state index >= 15 is 0 Å². The van der Waals surface area contributed by atoms with Gasteiger partial charge in [0.2, 0.25) is 0 Å². The van der Waals surface area contributed by atoms with Gasteiger partial charge in [-0.1, -0.05) is 0 Å². The zero-order valence-electron chi connectivity index (χ0n) is 9.47. The van der Waals surface area contributed by atoms with Crippen molar-refractivity contribution in [3.63, 3.8) is 0 Å². The van der Waals surface area contributed by atoms with E-state index in [9.17, 15) is 15.0 Å². The van der Waals surface area contributed by atoms with Crippen molar-refractivity contribution in [2.75, 3.05) is 13.1 Å². The first-order chi connectivity index (χ1) is 8.08. The standard InChI is InChI=1S/C12H16N2O3/c13-8-2-1-5-14(7-8)12(17)10-6-9(15)3-4-11(10)16/h3-4,6,8,15-16H,1-2,5,7,13H2.